The molecule has 0 aromatic carbocycles. The molecule has 2 aromatic heterocycles. The zero-order valence-electron chi connectivity index (χ0n) is 13.4. The minimum Gasteiger partial charge on any atom is -0.363 e. The molecule has 3 heterocycles. The lowest BCUT2D eigenvalue weighted by Crippen LogP contribution is -2.49. The summed E-state index contributed by atoms with van der Waals surface area (Å²) in [5.74, 6) is 1.47. The normalized spacial score (nSPS) is 14.7. The van der Waals surface area contributed by atoms with Crippen molar-refractivity contribution in [3.63, 3.8) is 0 Å². The van der Waals surface area contributed by atoms with Gasteiger partial charge in [-0.05, 0) is 18.2 Å². The smallest absolute Gasteiger partial charge is 0.272 e. The lowest BCUT2D eigenvalue weighted by atomic mass is 10.2. The quantitative estimate of drug-likeness (QED) is 0.839. The number of piperazine rings is 1. The van der Waals surface area contributed by atoms with E-state index < -0.39 is 0 Å². The zero-order valence-corrected chi connectivity index (χ0v) is 13.4. The van der Waals surface area contributed by atoms with Gasteiger partial charge in [-0.2, -0.15) is 0 Å². The topological polar surface area (TPSA) is 65.5 Å². The molecule has 0 spiro atoms. The molecule has 1 saturated heterocycles. The molecule has 23 heavy (non-hydrogen) atoms. The molecule has 0 unspecified atom stereocenters. The van der Waals surface area contributed by atoms with Crippen molar-refractivity contribution >= 4 is 17.7 Å². The molecule has 120 valence electrons. The number of pyridine rings is 1. The molecule has 0 radical (unpaired) electrons. The van der Waals surface area contributed by atoms with Crippen molar-refractivity contribution in [2.24, 2.45) is 0 Å². The number of hydrogen-bond donors (Lipinski definition) is 0. The highest BCUT2D eigenvalue weighted by molar-refractivity contribution is 5.92. The summed E-state index contributed by atoms with van der Waals surface area (Å²) in [5, 5.41) is 0. The molecular formula is C16H20N6O. The van der Waals surface area contributed by atoms with Crippen LogP contribution in [0, 0.1) is 0 Å². The Balaban J connectivity index is 1.65. The van der Waals surface area contributed by atoms with Gasteiger partial charge in [-0.15, -0.1) is 0 Å². The van der Waals surface area contributed by atoms with Crippen molar-refractivity contribution in [2.45, 2.75) is 0 Å². The molecule has 7 heteroatoms. The summed E-state index contributed by atoms with van der Waals surface area (Å²) in [5.41, 5.74) is 0.487. The van der Waals surface area contributed by atoms with Crippen LogP contribution in [0.5, 0.6) is 0 Å². The van der Waals surface area contributed by atoms with Gasteiger partial charge < -0.3 is 14.7 Å². The van der Waals surface area contributed by atoms with Crippen LogP contribution in [0.25, 0.3) is 0 Å². The van der Waals surface area contributed by atoms with Crippen molar-refractivity contribution in [2.75, 3.05) is 50.1 Å². The van der Waals surface area contributed by atoms with Gasteiger partial charge in [0.05, 0.1) is 0 Å². The fraction of sp³-hybridized carbons (Fsp3) is 0.375. The van der Waals surface area contributed by atoms with E-state index in [1.807, 2.05) is 36.0 Å². The fourth-order valence-electron chi connectivity index (χ4n) is 2.52. The van der Waals surface area contributed by atoms with Gasteiger partial charge in [-0.3, -0.25) is 4.79 Å². The van der Waals surface area contributed by atoms with Gasteiger partial charge in [0.2, 0.25) is 5.95 Å². The van der Waals surface area contributed by atoms with Crippen LogP contribution in [0.4, 0.5) is 11.8 Å². The summed E-state index contributed by atoms with van der Waals surface area (Å²) in [6.45, 7) is 2.74. The second-order valence-electron chi connectivity index (χ2n) is 5.60. The number of amides is 1. The van der Waals surface area contributed by atoms with E-state index in [1.54, 1.807) is 24.5 Å². The Labute approximate surface area is 135 Å². The number of carbonyl (C=O) groups excluding carboxylic acids is 1. The maximum Gasteiger partial charge on any atom is 0.272 e. The van der Waals surface area contributed by atoms with Crippen molar-refractivity contribution < 1.29 is 4.79 Å². The SMILES string of the molecule is CN(C)c1cccc(C(=O)N2CCN(c3ncccn3)CC2)n1. The Morgan fingerprint density at radius 2 is 1.74 bits per heavy atom. The van der Waals surface area contributed by atoms with Crippen molar-refractivity contribution in [1.29, 1.82) is 0 Å². The van der Waals surface area contributed by atoms with Crippen molar-refractivity contribution in [3.8, 4) is 0 Å². The lowest BCUT2D eigenvalue weighted by molar-refractivity contribution is 0.0740. The second kappa shape index (κ2) is 6.60. The monoisotopic (exact) mass is 312 g/mol. The molecule has 0 N–H and O–H groups in total. The fourth-order valence-corrected chi connectivity index (χ4v) is 2.52. The predicted octanol–water partition coefficient (Wildman–Crippen LogP) is 0.900. The summed E-state index contributed by atoms with van der Waals surface area (Å²) in [6, 6.07) is 7.32. The first-order chi connectivity index (χ1) is 11.1. The third-order valence-corrected chi connectivity index (χ3v) is 3.81. The van der Waals surface area contributed by atoms with Crippen LogP contribution in [0.15, 0.2) is 36.7 Å². The van der Waals surface area contributed by atoms with Crippen LogP contribution in [0.1, 0.15) is 10.5 Å². The number of carbonyl (C=O) groups is 1. The van der Waals surface area contributed by atoms with Crippen LogP contribution in [-0.4, -0.2) is 66.0 Å². The summed E-state index contributed by atoms with van der Waals surface area (Å²) < 4.78 is 0. The van der Waals surface area contributed by atoms with Crippen LogP contribution in [0.2, 0.25) is 0 Å². The van der Waals surface area contributed by atoms with Crippen molar-refractivity contribution in [3.05, 3.63) is 42.4 Å². The highest BCUT2D eigenvalue weighted by Gasteiger charge is 2.24. The highest BCUT2D eigenvalue weighted by atomic mass is 16.2. The summed E-state index contributed by atoms with van der Waals surface area (Å²) in [4.78, 5) is 31.4. The molecule has 1 amide bonds. The molecule has 0 saturated carbocycles. The van der Waals surface area contributed by atoms with E-state index in [2.05, 4.69) is 19.9 Å². The maximum absolute atomic E-state index is 12.6. The van der Waals surface area contributed by atoms with E-state index in [0.29, 0.717) is 24.7 Å². The highest BCUT2D eigenvalue weighted by Crippen LogP contribution is 2.14. The van der Waals surface area contributed by atoms with Crippen LogP contribution in [0.3, 0.4) is 0 Å². The number of anilines is 2. The van der Waals surface area contributed by atoms with Gasteiger partial charge in [0.25, 0.3) is 5.91 Å². The molecule has 1 fully saturated rings. The Morgan fingerprint density at radius 1 is 1.04 bits per heavy atom. The van der Waals surface area contributed by atoms with E-state index in [1.165, 1.54) is 0 Å². The average molecular weight is 312 g/mol. The van der Waals surface area contributed by atoms with Gasteiger partial charge in [0.1, 0.15) is 11.5 Å². The Bertz CT molecular complexity index is 667. The number of aromatic nitrogens is 3. The first-order valence-electron chi connectivity index (χ1n) is 7.61. The third-order valence-electron chi connectivity index (χ3n) is 3.81. The third kappa shape index (κ3) is 3.39. The van der Waals surface area contributed by atoms with E-state index >= 15 is 0 Å². The van der Waals surface area contributed by atoms with Crippen LogP contribution in [-0.2, 0) is 0 Å². The molecule has 2 aromatic rings. The minimum absolute atomic E-state index is 0.0256. The molecule has 1 aliphatic rings. The molecule has 1 aliphatic heterocycles. The molecular weight excluding hydrogens is 292 g/mol. The molecule has 0 atom stereocenters. The van der Waals surface area contributed by atoms with Crippen LogP contribution < -0.4 is 9.80 Å². The molecule has 0 bridgehead atoms. The molecule has 7 nitrogen and oxygen atoms in total. The first-order valence-corrected chi connectivity index (χ1v) is 7.61. The van der Waals surface area contributed by atoms with Gasteiger partial charge in [0.15, 0.2) is 0 Å². The minimum atomic E-state index is -0.0256. The number of rotatable bonds is 3. The Hall–Kier alpha value is -2.70. The summed E-state index contributed by atoms with van der Waals surface area (Å²) in [6.07, 6.45) is 3.47. The van der Waals surface area contributed by atoms with Gasteiger partial charge in [0, 0.05) is 52.7 Å². The number of nitrogens with zero attached hydrogens (tertiary/aromatic N) is 6. The average Bonchev–Trinajstić information content (AvgIpc) is 2.62. The second-order valence-corrected chi connectivity index (χ2v) is 5.60. The predicted molar refractivity (Wildman–Crippen MR) is 88.7 cm³/mol. The van der Waals surface area contributed by atoms with E-state index in [0.717, 1.165) is 18.9 Å². The van der Waals surface area contributed by atoms with E-state index in [9.17, 15) is 4.79 Å². The van der Waals surface area contributed by atoms with Gasteiger partial charge in [-0.25, -0.2) is 15.0 Å². The van der Waals surface area contributed by atoms with Gasteiger partial charge >= 0.3 is 0 Å². The first kappa shape index (κ1) is 15.2. The van der Waals surface area contributed by atoms with E-state index in [-0.39, 0.29) is 5.91 Å². The van der Waals surface area contributed by atoms with E-state index in [4.69, 9.17) is 0 Å². The molecule has 3 rings (SSSR count). The maximum atomic E-state index is 12.6. The molecule has 0 aliphatic carbocycles. The lowest BCUT2D eigenvalue weighted by Gasteiger charge is -2.34. The van der Waals surface area contributed by atoms with Gasteiger partial charge in [-0.1, -0.05) is 6.07 Å². The Kier molecular flexibility index (Phi) is 4.36. The van der Waals surface area contributed by atoms with Crippen LogP contribution >= 0.6 is 0 Å². The number of hydrogen-bond acceptors (Lipinski definition) is 6. The zero-order chi connectivity index (χ0) is 16.2. The summed E-state index contributed by atoms with van der Waals surface area (Å²) >= 11 is 0. The van der Waals surface area contributed by atoms with Crippen molar-refractivity contribution in [1.82, 2.24) is 19.9 Å². The largest absolute Gasteiger partial charge is 0.363 e. The standard InChI is InChI=1S/C16H20N6O/c1-20(2)14-6-3-5-13(19-14)15(23)21-9-11-22(12-10-21)16-17-7-4-8-18-16/h3-8H,9-12H2,1-2H3. The summed E-state index contributed by atoms with van der Waals surface area (Å²) in [7, 11) is 3.82. The Morgan fingerprint density at radius 3 is 2.39 bits per heavy atom.